The highest BCUT2D eigenvalue weighted by molar-refractivity contribution is 7.98. The lowest BCUT2D eigenvalue weighted by Gasteiger charge is -2.25. The number of carbonyl (C=O) groups excluding carboxylic acids is 4. The molecule has 35 heavy (non-hydrogen) atoms. The lowest BCUT2D eigenvalue weighted by molar-refractivity contribution is -0.142. The van der Waals surface area contributed by atoms with Gasteiger partial charge in [-0.2, -0.15) is 11.8 Å². The SMILES string of the molecule is CSCCC(N)C(=O)NC(Cc1ccc(O)cc1)C(=O)NC(CCC(N)=O)C(=O)NC(C)C(=O)O. The van der Waals surface area contributed by atoms with Gasteiger partial charge in [-0.05, 0) is 49.5 Å². The second kappa shape index (κ2) is 14.8. The van der Waals surface area contributed by atoms with E-state index in [0.29, 0.717) is 17.7 Å². The van der Waals surface area contributed by atoms with E-state index < -0.39 is 53.8 Å². The number of carbonyl (C=O) groups is 5. The number of phenolic OH excluding ortho intramolecular Hbond substituents is 1. The van der Waals surface area contributed by atoms with E-state index in [2.05, 4.69) is 16.0 Å². The number of benzene rings is 1. The molecule has 0 spiro atoms. The number of primary amides is 1. The zero-order chi connectivity index (χ0) is 26.5. The molecular formula is C22H33N5O7S. The second-order valence-electron chi connectivity index (χ2n) is 7.95. The van der Waals surface area contributed by atoms with Gasteiger partial charge in [0.1, 0.15) is 23.9 Å². The molecule has 1 rings (SSSR count). The third kappa shape index (κ3) is 11.1. The molecule has 0 aromatic heterocycles. The van der Waals surface area contributed by atoms with E-state index in [-0.39, 0.29) is 25.0 Å². The Hall–Kier alpha value is -3.32. The van der Waals surface area contributed by atoms with Gasteiger partial charge < -0.3 is 37.6 Å². The molecule has 194 valence electrons. The molecule has 9 N–H and O–H groups in total. The van der Waals surface area contributed by atoms with Crippen LogP contribution in [0.2, 0.25) is 0 Å². The standard InChI is InChI=1S/C22H33N5O7S/c1-12(22(33)34)25-20(31)16(7-8-18(24)29)26-21(32)17(11-13-3-5-14(28)6-4-13)27-19(30)15(23)9-10-35-2/h3-6,12,15-17,28H,7-11,23H2,1-2H3,(H2,24,29)(H,25,31)(H,26,32)(H,27,30)(H,33,34). The fourth-order valence-electron chi connectivity index (χ4n) is 2.94. The summed E-state index contributed by atoms with van der Waals surface area (Å²) in [5, 5.41) is 25.9. The van der Waals surface area contributed by atoms with E-state index >= 15 is 0 Å². The smallest absolute Gasteiger partial charge is 0.325 e. The molecule has 0 aliphatic rings. The van der Waals surface area contributed by atoms with E-state index in [1.807, 2.05) is 6.26 Å². The minimum Gasteiger partial charge on any atom is -0.508 e. The van der Waals surface area contributed by atoms with Gasteiger partial charge in [-0.15, -0.1) is 0 Å². The number of phenols is 1. The Morgan fingerprint density at radius 1 is 0.943 bits per heavy atom. The van der Waals surface area contributed by atoms with Gasteiger partial charge in [0.2, 0.25) is 23.6 Å². The fourth-order valence-corrected chi connectivity index (χ4v) is 3.42. The molecule has 0 aliphatic carbocycles. The van der Waals surface area contributed by atoms with Gasteiger partial charge in [-0.3, -0.25) is 24.0 Å². The molecule has 0 fully saturated rings. The molecule has 0 radical (unpaired) electrons. The van der Waals surface area contributed by atoms with Crippen molar-refractivity contribution >= 4 is 41.4 Å². The third-order valence-corrected chi connectivity index (χ3v) is 5.66. The summed E-state index contributed by atoms with van der Waals surface area (Å²) >= 11 is 1.52. The molecule has 4 atom stereocenters. The van der Waals surface area contributed by atoms with Crippen molar-refractivity contribution in [2.75, 3.05) is 12.0 Å². The van der Waals surface area contributed by atoms with Crippen molar-refractivity contribution in [2.45, 2.75) is 56.8 Å². The van der Waals surface area contributed by atoms with Crippen LogP contribution in [0.1, 0.15) is 31.7 Å². The molecule has 12 nitrogen and oxygen atoms in total. The molecular weight excluding hydrogens is 478 g/mol. The van der Waals surface area contributed by atoms with Crippen molar-refractivity contribution in [3.8, 4) is 5.75 Å². The Morgan fingerprint density at radius 3 is 2.06 bits per heavy atom. The summed E-state index contributed by atoms with van der Waals surface area (Å²) in [6.07, 6.45) is 1.86. The van der Waals surface area contributed by atoms with Crippen molar-refractivity contribution in [1.29, 1.82) is 0 Å². The third-order valence-electron chi connectivity index (χ3n) is 5.02. The van der Waals surface area contributed by atoms with Crippen molar-refractivity contribution in [1.82, 2.24) is 16.0 Å². The minimum atomic E-state index is -1.28. The van der Waals surface area contributed by atoms with Crippen LogP contribution in [0.4, 0.5) is 0 Å². The molecule has 1 aromatic rings. The number of amides is 4. The summed E-state index contributed by atoms with van der Waals surface area (Å²) in [6.45, 7) is 1.25. The molecule has 4 unspecified atom stereocenters. The number of nitrogens with two attached hydrogens (primary N) is 2. The van der Waals surface area contributed by atoms with Crippen LogP contribution in [0, 0.1) is 0 Å². The second-order valence-corrected chi connectivity index (χ2v) is 8.94. The van der Waals surface area contributed by atoms with Crippen LogP contribution in [-0.2, 0) is 30.4 Å². The van der Waals surface area contributed by atoms with Crippen molar-refractivity contribution < 1.29 is 34.2 Å². The van der Waals surface area contributed by atoms with E-state index in [1.54, 1.807) is 12.1 Å². The van der Waals surface area contributed by atoms with Gasteiger partial charge >= 0.3 is 5.97 Å². The first kappa shape index (κ1) is 29.7. The van der Waals surface area contributed by atoms with Gasteiger partial charge in [-0.1, -0.05) is 12.1 Å². The zero-order valence-electron chi connectivity index (χ0n) is 19.7. The fraction of sp³-hybridized carbons (Fsp3) is 0.500. The average Bonchev–Trinajstić information content (AvgIpc) is 2.80. The van der Waals surface area contributed by atoms with Gasteiger partial charge in [-0.25, -0.2) is 0 Å². The van der Waals surface area contributed by atoms with Crippen molar-refractivity contribution in [3.05, 3.63) is 29.8 Å². The van der Waals surface area contributed by atoms with Crippen LogP contribution in [0.25, 0.3) is 0 Å². The van der Waals surface area contributed by atoms with Gasteiger partial charge in [0.25, 0.3) is 0 Å². The van der Waals surface area contributed by atoms with Crippen LogP contribution in [0.15, 0.2) is 24.3 Å². The molecule has 4 amide bonds. The van der Waals surface area contributed by atoms with Crippen LogP contribution >= 0.6 is 11.8 Å². The first-order chi connectivity index (χ1) is 16.4. The first-order valence-electron chi connectivity index (χ1n) is 10.9. The Labute approximate surface area is 207 Å². The zero-order valence-corrected chi connectivity index (χ0v) is 20.5. The van der Waals surface area contributed by atoms with Crippen molar-refractivity contribution in [2.24, 2.45) is 11.5 Å². The van der Waals surface area contributed by atoms with Gasteiger partial charge in [0.05, 0.1) is 6.04 Å². The van der Waals surface area contributed by atoms with Crippen LogP contribution < -0.4 is 27.4 Å². The number of hydrogen-bond acceptors (Lipinski definition) is 8. The number of carboxylic acids is 1. The number of carboxylic acid groups (broad SMARTS) is 1. The van der Waals surface area contributed by atoms with E-state index in [9.17, 15) is 29.1 Å². The largest absolute Gasteiger partial charge is 0.508 e. The maximum absolute atomic E-state index is 13.1. The van der Waals surface area contributed by atoms with Crippen molar-refractivity contribution in [3.63, 3.8) is 0 Å². The van der Waals surface area contributed by atoms with Gasteiger partial charge in [0.15, 0.2) is 0 Å². The minimum absolute atomic E-state index is 0.0167. The summed E-state index contributed by atoms with van der Waals surface area (Å²) < 4.78 is 0. The Kier molecular flexibility index (Phi) is 12.6. The number of rotatable bonds is 15. The van der Waals surface area contributed by atoms with Crippen LogP contribution in [0.5, 0.6) is 5.75 Å². The molecule has 13 heteroatoms. The summed E-state index contributed by atoms with van der Waals surface area (Å²) in [6, 6.07) is 1.47. The number of aromatic hydroxyl groups is 1. The first-order valence-corrected chi connectivity index (χ1v) is 12.3. The topological polar surface area (TPSA) is 214 Å². The highest BCUT2D eigenvalue weighted by atomic mass is 32.2. The van der Waals surface area contributed by atoms with Gasteiger partial charge in [0, 0.05) is 12.8 Å². The molecule has 0 aliphatic heterocycles. The van der Waals surface area contributed by atoms with E-state index in [4.69, 9.17) is 16.6 Å². The maximum atomic E-state index is 13.1. The lowest BCUT2D eigenvalue weighted by atomic mass is 10.0. The van der Waals surface area contributed by atoms with Crippen LogP contribution in [0.3, 0.4) is 0 Å². The quantitative estimate of drug-likeness (QED) is 0.151. The predicted molar refractivity (Wildman–Crippen MR) is 130 cm³/mol. The Morgan fingerprint density at radius 2 is 1.51 bits per heavy atom. The molecule has 0 bridgehead atoms. The van der Waals surface area contributed by atoms with E-state index in [0.717, 1.165) is 0 Å². The molecule has 0 saturated carbocycles. The summed E-state index contributed by atoms with van der Waals surface area (Å²) in [7, 11) is 0. The number of aliphatic carboxylic acids is 1. The van der Waals surface area contributed by atoms with Crippen LogP contribution in [-0.4, -0.2) is 76.0 Å². The maximum Gasteiger partial charge on any atom is 0.325 e. The summed E-state index contributed by atoms with van der Waals surface area (Å²) in [5.74, 6) is -3.45. The monoisotopic (exact) mass is 511 g/mol. The number of thioether (sulfide) groups is 1. The number of nitrogens with one attached hydrogen (secondary N) is 3. The Balaban J connectivity index is 3.08. The van der Waals surface area contributed by atoms with E-state index in [1.165, 1.54) is 30.8 Å². The normalized spacial score (nSPS) is 14.1. The number of hydrogen-bond donors (Lipinski definition) is 7. The lowest BCUT2D eigenvalue weighted by Crippen LogP contribution is -2.57. The highest BCUT2D eigenvalue weighted by Crippen LogP contribution is 2.12. The Bertz CT molecular complexity index is 897. The highest BCUT2D eigenvalue weighted by Gasteiger charge is 2.29. The molecule has 0 saturated heterocycles. The predicted octanol–water partition coefficient (Wildman–Crippen LogP) is -1.16. The molecule has 1 aromatic carbocycles. The summed E-state index contributed by atoms with van der Waals surface area (Å²) in [5.41, 5.74) is 11.7. The summed E-state index contributed by atoms with van der Waals surface area (Å²) in [4.78, 5) is 60.6. The average molecular weight is 512 g/mol. The molecule has 0 heterocycles.